The Morgan fingerprint density at radius 1 is 0.932 bits per heavy atom. The van der Waals surface area contributed by atoms with E-state index in [0.717, 1.165) is 24.3 Å². The van der Waals surface area contributed by atoms with E-state index in [9.17, 15) is 36.3 Å². The molecule has 1 aliphatic rings. The van der Waals surface area contributed by atoms with Crippen LogP contribution in [-0.2, 0) is 20.5 Å². The Bertz CT molecular complexity index is 1650. The third-order valence-corrected chi connectivity index (χ3v) is 8.05. The number of amides is 3. The summed E-state index contributed by atoms with van der Waals surface area (Å²) in [4.78, 5) is 38.0. The normalized spacial score (nSPS) is 17.9. The summed E-state index contributed by atoms with van der Waals surface area (Å²) in [7, 11) is 1.22. The van der Waals surface area contributed by atoms with Crippen LogP contribution in [0.25, 0.3) is 0 Å². The van der Waals surface area contributed by atoms with Gasteiger partial charge >= 0.3 is 6.18 Å². The summed E-state index contributed by atoms with van der Waals surface area (Å²) in [5.41, 5.74) is -3.30. The quantitative estimate of drug-likeness (QED) is 0.169. The van der Waals surface area contributed by atoms with Crippen molar-refractivity contribution in [3.63, 3.8) is 0 Å². The van der Waals surface area contributed by atoms with Gasteiger partial charge in [0.15, 0.2) is 5.82 Å². The molecule has 234 valence electrons. The largest absolute Gasteiger partial charge is 0.419 e. The van der Waals surface area contributed by atoms with Crippen LogP contribution in [-0.4, -0.2) is 35.3 Å². The fourth-order valence-corrected chi connectivity index (χ4v) is 5.33. The van der Waals surface area contributed by atoms with E-state index in [4.69, 9.17) is 39.5 Å². The Kier molecular flexibility index (Phi) is 9.46. The monoisotopic (exact) mass is 681 g/mol. The lowest BCUT2D eigenvalue weighted by Gasteiger charge is -2.15. The summed E-state index contributed by atoms with van der Waals surface area (Å²) in [6.45, 7) is 1.35. The molecule has 16 heteroatoms. The molecule has 3 aromatic rings. The molecule has 0 aliphatic heterocycles. The second-order valence-electron chi connectivity index (χ2n) is 9.66. The van der Waals surface area contributed by atoms with Gasteiger partial charge in [0.1, 0.15) is 27.8 Å². The first-order valence-electron chi connectivity index (χ1n) is 12.4. The van der Waals surface area contributed by atoms with Crippen LogP contribution in [0.15, 0.2) is 48.5 Å². The SMILES string of the molecule is COC(C)C(=O)Nc1c(F)ccc(NC(=O)c2cc(NC(=O)[C@H]3[C@H](c4ccc(F)c(C(F)(F)F)c4)C3(Cl)Cl)ccc2Cl)c1F. The molecular formula is C28H20Cl3F6N3O4. The fourth-order valence-electron chi connectivity index (χ4n) is 4.30. The Balaban J connectivity index is 1.52. The highest BCUT2D eigenvalue weighted by molar-refractivity contribution is 6.53. The predicted octanol–water partition coefficient (Wildman–Crippen LogP) is 7.53. The van der Waals surface area contributed by atoms with Crippen molar-refractivity contribution in [3.05, 3.63) is 87.7 Å². The van der Waals surface area contributed by atoms with Crippen LogP contribution in [0.2, 0.25) is 5.02 Å². The number of methoxy groups -OCH3 is 1. The molecule has 0 aromatic heterocycles. The number of anilines is 3. The van der Waals surface area contributed by atoms with Crippen molar-refractivity contribution in [1.29, 1.82) is 0 Å². The molecule has 0 radical (unpaired) electrons. The summed E-state index contributed by atoms with van der Waals surface area (Å²) in [6, 6.07) is 7.50. The smallest absolute Gasteiger partial charge is 0.372 e. The van der Waals surface area contributed by atoms with E-state index in [1.807, 2.05) is 5.32 Å². The minimum atomic E-state index is -5.00. The second-order valence-corrected chi connectivity index (χ2v) is 11.5. The minimum absolute atomic E-state index is 0.0181. The van der Waals surface area contributed by atoms with Crippen LogP contribution >= 0.6 is 34.8 Å². The number of halogens is 9. The van der Waals surface area contributed by atoms with Crippen molar-refractivity contribution in [2.24, 2.45) is 5.92 Å². The zero-order chi connectivity index (χ0) is 32.7. The maximum Gasteiger partial charge on any atom is 0.419 e. The standard InChI is InChI=1S/C28H20Cl3F6N3O4/c1-11(44-2)24(41)40-23-18(33)7-8-19(22(23)34)39-25(42)14-10-13(4-5-16(14)29)38-26(43)21-20(27(21,30)31)12-3-6-17(32)15(9-12)28(35,36)37/h3-11,20-21H,1-2H3,(H,38,43)(H,39,42)(H,40,41)/t11?,20-,21+/m0/s1. The molecular weight excluding hydrogens is 663 g/mol. The number of ether oxygens (including phenoxy) is 1. The van der Waals surface area contributed by atoms with Gasteiger partial charge in [-0.05, 0) is 55.0 Å². The maximum atomic E-state index is 15.0. The number of carbonyl (C=O) groups is 3. The molecule has 1 aliphatic carbocycles. The molecule has 7 nitrogen and oxygen atoms in total. The number of benzene rings is 3. The van der Waals surface area contributed by atoms with Gasteiger partial charge in [-0.25, -0.2) is 13.2 Å². The van der Waals surface area contributed by atoms with E-state index in [2.05, 4.69) is 10.6 Å². The average Bonchev–Trinajstić information content (AvgIpc) is 3.54. The van der Waals surface area contributed by atoms with Crippen LogP contribution in [0.5, 0.6) is 0 Å². The van der Waals surface area contributed by atoms with Crippen molar-refractivity contribution in [2.75, 3.05) is 23.1 Å². The fraction of sp³-hybridized carbons (Fsp3) is 0.250. The van der Waals surface area contributed by atoms with Crippen molar-refractivity contribution >= 4 is 69.6 Å². The predicted molar refractivity (Wildman–Crippen MR) is 152 cm³/mol. The van der Waals surface area contributed by atoms with E-state index in [-0.39, 0.29) is 21.8 Å². The summed E-state index contributed by atoms with van der Waals surface area (Å²) >= 11 is 18.6. The van der Waals surface area contributed by atoms with Crippen LogP contribution < -0.4 is 16.0 Å². The van der Waals surface area contributed by atoms with Gasteiger partial charge in [-0.2, -0.15) is 13.2 Å². The Morgan fingerprint density at radius 3 is 2.23 bits per heavy atom. The van der Waals surface area contributed by atoms with Crippen molar-refractivity contribution in [2.45, 2.75) is 29.5 Å². The lowest BCUT2D eigenvalue weighted by Crippen LogP contribution is -2.27. The van der Waals surface area contributed by atoms with Gasteiger partial charge < -0.3 is 20.7 Å². The molecule has 1 unspecified atom stereocenters. The molecule has 0 heterocycles. The van der Waals surface area contributed by atoms with Crippen molar-refractivity contribution in [1.82, 2.24) is 0 Å². The first-order chi connectivity index (χ1) is 20.5. The summed E-state index contributed by atoms with van der Waals surface area (Å²) in [6.07, 6.45) is -6.03. The van der Waals surface area contributed by atoms with Gasteiger partial charge in [-0.3, -0.25) is 14.4 Å². The highest BCUT2D eigenvalue weighted by atomic mass is 35.5. The molecule has 44 heavy (non-hydrogen) atoms. The Labute approximate surface area is 260 Å². The summed E-state index contributed by atoms with van der Waals surface area (Å²) in [5, 5.41) is 6.55. The first-order valence-corrected chi connectivity index (χ1v) is 13.6. The molecule has 0 spiro atoms. The Hall–Kier alpha value is -3.52. The Morgan fingerprint density at radius 2 is 1.59 bits per heavy atom. The lowest BCUT2D eigenvalue weighted by atomic mass is 10.0. The van der Waals surface area contributed by atoms with Gasteiger partial charge in [0.05, 0.1) is 27.8 Å². The highest BCUT2D eigenvalue weighted by Gasteiger charge is 2.67. The average molecular weight is 683 g/mol. The maximum absolute atomic E-state index is 15.0. The molecule has 3 atom stereocenters. The van der Waals surface area contributed by atoms with E-state index in [1.165, 1.54) is 26.2 Å². The van der Waals surface area contributed by atoms with E-state index < -0.39 is 80.6 Å². The lowest BCUT2D eigenvalue weighted by molar-refractivity contribution is -0.140. The molecule has 3 aromatic carbocycles. The van der Waals surface area contributed by atoms with Gasteiger partial charge in [-0.1, -0.05) is 17.7 Å². The van der Waals surface area contributed by atoms with Crippen LogP contribution in [0.4, 0.5) is 43.4 Å². The molecule has 1 saturated carbocycles. The number of nitrogens with one attached hydrogen (secondary N) is 3. The van der Waals surface area contributed by atoms with Gasteiger partial charge in [0.25, 0.3) is 11.8 Å². The number of hydrogen-bond acceptors (Lipinski definition) is 4. The third kappa shape index (κ3) is 6.75. The molecule has 4 rings (SSSR count). The zero-order valence-corrected chi connectivity index (χ0v) is 24.7. The molecule has 0 saturated heterocycles. The molecule has 1 fully saturated rings. The zero-order valence-electron chi connectivity index (χ0n) is 22.4. The number of hydrogen-bond donors (Lipinski definition) is 3. The third-order valence-electron chi connectivity index (χ3n) is 6.78. The van der Waals surface area contributed by atoms with E-state index in [1.54, 1.807) is 0 Å². The topological polar surface area (TPSA) is 96.5 Å². The van der Waals surface area contributed by atoms with Crippen LogP contribution in [0.1, 0.15) is 34.3 Å². The van der Waals surface area contributed by atoms with Crippen molar-refractivity contribution in [3.8, 4) is 0 Å². The van der Waals surface area contributed by atoms with Crippen LogP contribution in [0, 0.1) is 23.4 Å². The second kappa shape index (κ2) is 12.5. The van der Waals surface area contributed by atoms with Gasteiger partial charge in [-0.15, -0.1) is 23.2 Å². The van der Waals surface area contributed by atoms with E-state index in [0.29, 0.717) is 12.1 Å². The molecule has 3 amide bonds. The number of alkyl halides is 5. The number of rotatable bonds is 8. The van der Waals surface area contributed by atoms with Crippen LogP contribution in [0.3, 0.4) is 0 Å². The first kappa shape index (κ1) is 33.4. The summed E-state index contributed by atoms with van der Waals surface area (Å²) < 4.78 is 85.6. The highest BCUT2D eigenvalue weighted by Crippen LogP contribution is 2.65. The number of carbonyl (C=O) groups excluding carboxylic acids is 3. The van der Waals surface area contributed by atoms with Crippen molar-refractivity contribution < 1.29 is 45.5 Å². The van der Waals surface area contributed by atoms with Gasteiger partial charge in [0.2, 0.25) is 5.91 Å². The molecule has 3 N–H and O–H groups in total. The minimum Gasteiger partial charge on any atom is -0.372 e. The summed E-state index contributed by atoms with van der Waals surface area (Å²) in [5.74, 6) is -8.98. The van der Waals surface area contributed by atoms with E-state index >= 15 is 4.39 Å². The molecule has 0 bridgehead atoms. The van der Waals surface area contributed by atoms with Gasteiger partial charge in [0, 0.05) is 18.7 Å².